The van der Waals surface area contributed by atoms with Crippen molar-refractivity contribution in [2.24, 2.45) is 0 Å². The molecule has 0 radical (unpaired) electrons. The van der Waals surface area contributed by atoms with E-state index in [1.54, 1.807) is 18.2 Å². The van der Waals surface area contributed by atoms with Gasteiger partial charge < -0.3 is 20.2 Å². The van der Waals surface area contributed by atoms with E-state index in [0.717, 1.165) is 17.1 Å². The number of anilines is 1. The summed E-state index contributed by atoms with van der Waals surface area (Å²) in [4.78, 5) is 12.3. The lowest BCUT2D eigenvalue weighted by Gasteiger charge is -2.14. The van der Waals surface area contributed by atoms with Gasteiger partial charge in [0.1, 0.15) is 17.3 Å². The van der Waals surface area contributed by atoms with E-state index in [1.165, 1.54) is 7.11 Å². The molecule has 0 aliphatic carbocycles. The molecule has 5 heteroatoms. The number of carbonyl (C=O) groups is 1. The van der Waals surface area contributed by atoms with Crippen LogP contribution in [0.5, 0.6) is 5.75 Å². The summed E-state index contributed by atoms with van der Waals surface area (Å²) in [7, 11) is 1.54. The van der Waals surface area contributed by atoms with E-state index in [2.05, 4.69) is 5.32 Å². The van der Waals surface area contributed by atoms with Gasteiger partial charge in [0.2, 0.25) is 0 Å². The highest BCUT2D eigenvalue weighted by Crippen LogP contribution is 2.23. The number of nitrogen functional groups attached to an aromatic ring is 1. The fourth-order valence-corrected chi connectivity index (χ4v) is 2.31. The molecule has 112 valence electrons. The summed E-state index contributed by atoms with van der Waals surface area (Å²) in [5.74, 6) is 1.99. The van der Waals surface area contributed by atoms with Crippen LogP contribution in [-0.2, 0) is 0 Å². The maximum Gasteiger partial charge on any atom is 0.251 e. The lowest BCUT2D eigenvalue weighted by atomic mass is 10.1. The molecule has 0 saturated carbocycles. The van der Waals surface area contributed by atoms with Gasteiger partial charge in [0.05, 0.1) is 13.2 Å². The van der Waals surface area contributed by atoms with Crippen molar-refractivity contribution >= 4 is 11.6 Å². The normalized spacial score (nSPS) is 12.0. The molecule has 1 unspecified atom stereocenters. The van der Waals surface area contributed by atoms with E-state index >= 15 is 0 Å². The van der Waals surface area contributed by atoms with Crippen LogP contribution in [0.15, 0.2) is 28.7 Å². The molecule has 2 rings (SSSR count). The predicted molar refractivity (Wildman–Crippen MR) is 81.5 cm³/mol. The molecule has 0 aliphatic heterocycles. The lowest BCUT2D eigenvalue weighted by Crippen LogP contribution is -2.26. The minimum Gasteiger partial charge on any atom is -0.497 e. The molecule has 0 aliphatic rings. The van der Waals surface area contributed by atoms with Gasteiger partial charge in [0, 0.05) is 22.9 Å². The maximum atomic E-state index is 12.3. The molecule has 1 atom stereocenters. The summed E-state index contributed by atoms with van der Waals surface area (Å²) in [5, 5.41) is 2.94. The van der Waals surface area contributed by atoms with Crippen LogP contribution in [-0.4, -0.2) is 13.0 Å². The molecule has 21 heavy (non-hydrogen) atoms. The van der Waals surface area contributed by atoms with Gasteiger partial charge in [0.25, 0.3) is 5.91 Å². The number of ether oxygens (including phenoxy) is 1. The highest BCUT2D eigenvalue weighted by Gasteiger charge is 2.16. The van der Waals surface area contributed by atoms with Crippen LogP contribution in [0.25, 0.3) is 0 Å². The van der Waals surface area contributed by atoms with Crippen molar-refractivity contribution in [3.05, 3.63) is 46.9 Å². The van der Waals surface area contributed by atoms with Crippen LogP contribution in [0.1, 0.15) is 40.4 Å². The second kappa shape index (κ2) is 5.91. The van der Waals surface area contributed by atoms with Gasteiger partial charge >= 0.3 is 0 Å². The predicted octanol–water partition coefficient (Wildman–Crippen LogP) is 2.98. The van der Waals surface area contributed by atoms with Crippen LogP contribution < -0.4 is 15.8 Å². The van der Waals surface area contributed by atoms with Crippen LogP contribution in [0, 0.1) is 13.8 Å². The third kappa shape index (κ3) is 3.37. The van der Waals surface area contributed by atoms with E-state index in [0.29, 0.717) is 17.0 Å². The van der Waals surface area contributed by atoms with Gasteiger partial charge in [-0.25, -0.2) is 0 Å². The Morgan fingerprint density at radius 2 is 2.00 bits per heavy atom. The Hall–Kier alpha value is -2.43. The number of amides is 1. The number of nitrogens with one attached hydrogen (secondary N) is 1. The zero-order valence-corrected chi connectivity index (χ0v) is 12.7. The number of hydrogen-bond acceptors (Lipinski definition) is 4. The van der Waals surface area contributed by atoms with Crippen molar-refractivity contribution in [1.29, 1.82) is 0 Å². The number of benzene rings is 1. The molecule has 1 aromatic heterocycles. The quantitative estimate of drug-likeness (QED) is 0.848. The fourth-order valence-electron chi connectivity index (χ4n) is 2.31. The molecule has 3 N–H and O–H groups in total. The SMILES string of the molecule is COc1cc(N)cc(C(=O)NC(C)c2cc(C)oc2C)c1. The molecular weight excluding hydrogens is 268 g/mol. The number of aryl methyl sites for hydroxylation is 2. The fraction of sp³-hybridized carbons (Fsp3) is 0.312. The number of carbonyl (C=O) groups excluding carboxylic acids is 1. The van der Waals surface area contributed by atoms with Gasteiger partial charge in [0.15, 0.2) is 0 Å². The molecule has 0 saturated heterocycles. The Morgan fingerprint density at radius 1 is 1.29 bits per heavy atom. The number of methoxy groups -OCH3 is 1. The first-order chi connectivity index (χ1) is 9.90. The first-order valence-electron chi connectivity index (χ1n) is 6.73. The first-order valence-corrected chi connectivity index (χ1v) is 6.73. The van der Waals surface area contributed by atoms with Crippen LogP contribution >= 0.6 is 0 Å². The smallest absolute Gasteiger partial charge is 0.251 e. The van der Waals surface area contributed by atoms with Crippen LogP contribution in [0.3, 0.4) is 0 Å². The van der Waals surface area contributed by atoms with Gasteiger partial charge in [-0.15, -0.1) is 0 Å². The van der Waals surface area contributed by atoms with E-state index < -0.39 is 0 Å². The van der Waals surface area contributed by atoms with E-state index in [9.17, 15) is 4.79 Å². The van der Waals surface area contributed by atoms with Crippen molar-refractivity contribution in [3.8, 4) is 5.75 Å². The average Bonchev–Trinajstić information content (AvgIpc) is 2.76. The van der Waals surface area contributed by atoms with Crippen molar-refractivity contribution in [1.82, 2.24) is 5.32 Å². The Labute approximate surface area is 124 Å². The maximum absolute atomic E-state index is 12.3. The van der Waals surface area contributed by atoms with Crippen molar-refractivity contribution in [3.63, 3.8) is 0 Å². The number of rotatable bonds is 4. The standard InChI is InChI=1S/C16H20N2O3/c1-9-5-15(11(3)21-9)10(2)18-16(19)12-6-13(17)8-14(7-12)20-4/h5-8,10H,17H2,1-4H3,(H,18,19). The number of nitrogens with two attached hydrogens (primary N) is 1. The molecule has 5 nitrogen and oxygen atoms in total. The summed E-state index contributed by atoms with van der Waals surface area (Å²) < 4.78 is 10.6. The van der Waals surface area contributed by atoms with E-state index in [-0.39, 0.29) is 11.9 Å². The number of furan rings is 1. The van der Waals surface area contributed by atoms with Gasteiger partial charge in [-0.2, -0.15) is 0 Å². The molecule has 1 amide bonds. The Balaban J connectivity index is 2.18. The monoisotopic (exact) mass is 288 g/mol. The average molecular weight is 288 g/mol. The molecule has 0 fully saturated rings. The Bertz CT molecular complexity index is 662. The zero-order valence-electron chi connectivity index (χ0n) is 12.7. The Kier molecular flexibility index (Phi) is 4.21. The third-order valence-electron chi connectivity index (χ3n) is 3.32. The van der Waals surface area contributed by atoms with Crippen molar-refractivity contribution in [2.75, 3.05) is 12.8 Å². The molecule has 1 heterocycles. The minimum absolute atomic E-state index is 0.151. The summed E-state index contributed by atoms with van der Waals surface area (Å²) in [6, 6.07) is 6.73. The van der Waals surface area contributed by atoms with Crippen molar-refractivity contribution < 1.29 is 13.9 Å². The first kappa shape index (κ1) is 15.0. The van der Waals surface area contributed by atoms with Crippen LogP contribution in [0.2, 0.25) is 0 Å². The number of hydrogen-bond donors (Lipinski definition) is 2. The highest BCUT2D eigenvalue weighted by molar-refractivity contribution is 5.95. The molecule has 2 aromatic rings. The van der Waals surface area contributed by atoms with Crippen molar-refractivity contribution in [2.45, 2.75) is 26.8 Å². The minimum atomic E-state index is -0.202. The lowest BCUT2D eigenvalue weighted by molar-refractivity contribution is 0.0939. The summed E-state index contributed by atoms with van der Waals surface area (Å²) in [6.07, 6.45) is 0. The second-order valence-corrected chi connectivity index (χ2v) is 5.06. The molecular formula is C16H20N2O3. The highest BCUT2D eigenvalue weighted by atomic mass is 16.5. The van der Waals surface area contributed by atoms with Gasteiger partial charge in [-0.3, -0.25) is 4.79 Å². The van der Waals surface area contributed by atoms with Gasteiger partial charge in [-0.05, 0) is 39.0 Å². The molecule has 1 aromatic carbocycles. The summed E-state index contributed by atoms with van der Waals surface area (Å²) in [5.41, 5.74) is 7.69. The van der Waals surface area contributed by atoms with E-state index in [4.69, 9.17) is 14.9 Å². The second-order valence-electron chi connectivity index (χ2n) is 5.06. The summed E-state index contributed by atoms with van der Waals surface area (Å²) in [6.45, 7) is 5.68. The van der Waals surface area contributed by atoms with Gasteiger partial charge in [-0.1, -0.05) is 0 Å². The Morgan fingerprint density at radius 3 is 2.57 bits per heavy atom. The molecule has 0 spiro atoms. The van der Waals surface area contributed by atoms with Crippen LogP contribution in [0.4, 0.5) is 5.69 Å². The zero-order chi connectivity index (χ0) is 15.6. The third-order valence-corrected chi connectivity index (χ3v) is 3.32. The van der Waals surface area contributed by atoms with E-state index in [1.807, 2.05) is 26.8 Å². The topological polar surface area (TPSA) is 77.5 Å². The molecule has 0 bridgehead atoms. The largest absolute Gasteiger partial charge is 0.497 e. The summed E-state index contributed by atoms with van der Waals surface area (Å²) >= 11 is 0.